The second-order valence-electron chi connectivity index (χ2n) is 3.57. The lowest BCUT2D eigenvalue weighted by atomic mass is 10.1. The average Bonchev–Trinajstić information content (AvgIpc) is 2.30. The predicted molar refractivity (Wildman–Crippen MR) is 69.4 cm³/mol. The largest absolute Gasteiger partial charge is 0.399 e. The van der Waals surface area contributed by atoms with E-state index >= 15 is 0 Å². The van der Waals surface area contributed by atoms with Gasteiger partial charge in [0.05, 0.1) is 6.04 Å². The van der Waals surface area contributed by atoms with Gasteiger partial charge in [0.1, 0.15) is 0 Å². The van der Waals surface area contributed by atoms with Crippen LogP contribution >= 0.6 is 12.6 Å². The van der Waals surface area contributed by atoms with Crippen LogP contribution in [0.25, 0.3) is 0 Å². The Morgan fingerprint density at radius 2 is 2.00 bits per heavy atom. The fraction of sp³-hybridized carbons (Fsp3) is 0.364. The molecule has 1 aromatic rings. The van der Waals surface area contributed by atoms with Crippen molar-refractivity contribution in [3.8, 4) is 0 Å². The quantitative estimate of drug-likeness (QED) is 0.437. The van der Waals surface area contributed by atoms with Crippen molar-refractivity contribution in [1.82, 2.24) is 5.32 Å². The molecule has 16 heavy (non-hydrogen) atoms. The zero-order valence-electron chi connectivity index (χ0n) is 9.02. The van der Waals surface area contributed by atoms with Crippen molar-refractivity contribution in [2.75, 3.05) is 18.0 Å². The van der Waals surface area contributed by atoms with Crippen molar-refractivity contribution in [3.05, 3.63) is 29.8 Å². The lowest BCUT2D eigenvalue weighted by Crippen LogP contribution is -2.42. The van der Waals surface area contributed by atoms with Crippen LogP contribution in [0.1, 0.15) is 5.56 Å². The molecule has 1 aromatic carbocycles. The van der Waals surface area contributed by atoms with Crippen molar-refractivity contribution in [2.24, 2.45) is 5.73 Å². The SMILES string of the molecule is Nc1ccc(CCNC(=O)[C@@H](N)CS)cc1. The maximum absolute atomic E-state index is 11.3. The molecular weight excluding hydrogens is 222 g/mol. The Morgan fingerprint density at radius 3 is 2.56 bits per heavy atom. The summed E-state index contributed by atoms with van der Waals surface area (Å²) in [4.78, 5) is 11.3. The Labute approximate surface area is 101 Å². The molecule has 4 nitrogen and oxygen atoms in total. The predicted octanol–water partition coefficient (Wildman–Crippen LogP) is 0.185. The highest BCUT2D eigenvalue weighted by atomic mass is 32.1. The molecule has 0 bridgehead atoms. The first kappa shape index (κ1) is 12.9. The molecule has 0 unspecified atom stereocenters. The van der Waals surface area contributed by atoms with E-state index < -0.39 is 6.04 Å². The Balaban J connectivity index is 2.30. The smallest absolute Gasteiger partial charge is 0.237 e. The van der Waals surface area contributed by atoms with Gasteiger partial charge in [0.25, 0.3) is 0 Å². The average molecular weight is 239 g/mol. The Bertz CT molecular complexity index is 340. The first-order chi connectivity index (χ1) is 7.63. The van der Waals surface area contributed by atoms with Gasteiger partial charge in [-0.05, 0) is 24.1 Å². The van der Waals surface area contributed by atoms with Gasteiger partial charge < -0.3 is 16.8 Å². The molecule has 0 saturated carbocycles. The number of benzene rings is 1. The highest BCUT2D eigenvalue weighted by molar-refractivity contribution is 7.80. The molecule has 0 radical (unpaired) electrons. The van der Waals surface area contributed by atoms with Crippen LogP contribution < -0.4 is 16.8 Å². The highest BCUT2D eigenvalue weighted by Gasteiger charge is 2.09. The van der Waals surface area contributed by atoms with E-state index in [-0.39, 0.29) is 5.91 Å². The van der Waals surface area contributed by atoms with E-state index in [1.807, 2.05) is 24.3 Å². The van der Waals surface area contributed by atoms with Gasteiger partial charge in [0.15, 0.2) is 0 Å². The first-order valence-corrected chi connectivity index (χ1v) is 5.75. The summed E-state index contributed by atoms with van der Waals surface area (Å²) in [6.07, 6.45) is 0.769. The third kappa shape index (κ3) is 4.12. The summed E-state index contributed by atoms with van der Waals surface area (Å²) in [6, 6.07) is 7.04. The van der Waals surface area contributed by atoms with Gasteiger partial charge in [0.2, 0.25) is 5.91 Å². The van der Waals surface area contributed by atoms with Crippen LogP contribution in [0, 0.1) is 0 Å². The zero-order valence-corrected chi connectivity index (χ0v) is 9.91. The first-order valence-electron chi connectivity index (χ1n) is 5.12. The van der Waals surface area contributed by atoms with E-state index in [1.54, 1.807) is 0 Å². The standard InChI is InChI=1S/C11H17N3OS/c12-9-3-1-8(2-4-9)5-6-14-11(15)10(13)7-16/h1-4,10,16H,5-7,12-13H2,(H,14,15)/t10-/m0/s1. The summed E-state index contributed by atoms with van der Waals surface area (Å²) in [6.45, 7) is 0.574. The molecule has 1 amide bonds. The van der Waals surface area contributed by atoms with Crippen molar-refractivity contribution in [3.63, 3.8) is 0 Å². The number of nitrogen functional groups attached to an aromatic ring is 1. The minimum absolute atomic E-state index is 0.162. The van der Waals surface area contributed by atoms with Crippen molar-refractivity contribution < 1.29 is 4.79 Å². The van der Waals surface area contributed by atoms with Crippen molar-refractivity contribution in [2.45, 2.75) is 12.5 Å². The molecule has 0 heterocycles. The molecule has 1 atom stereocenters. The van der Waals surface area contributed by atoms with Gasteiger partial charge in [0, 0.05) is 18.0 Å². The number of rotatable bonds is 5. The molecule has 0 spiro atoms. The van der Waals surface area contributed by atoms with Crippen LogP contribution in [0.3, 0.4) is 0 Å². The number of hydrogen-bond acceptors (Lipinski definition) is 4. The minimum Gasteiger partial charge on any atom is -0.399 e. The van der Waals surface area contributed by atoms with Crippen molar-refractivity contribution in [1.29, 1.82) is 0 Å². The summed E-state index contributed by atoms with van der Waals surface area (Å²) >= 11 is 3.96. The van der Waals surface area contributed by atoms with Crippen LogP contribution in [0.2, 0.25) is 0 Å². The molecule has 0 aliphatic rings. The maximum atomic E-state index is 11.3. The van der Waals surface area contributed by atoms with Crippen molar-refractivity contribution >= 4 is 24.2 Å². The number of hydrogen-bond donors (Lipinski definition) is 4. The van der Waals surface area contributed by atoms with Crippen LogP contribution in [0.4, 0.5) is 5.69 Å². The van der Waals surface area contributed by atoms with E-state index in [4.69, 9.17) is 11.5 Å². The zero-order chi connectivity index (χ0) is 12.0. The second kappa shape index (κ2) is 6.40. The third-order valence-electron chi connectivity index (χ3n) is 2.23. The summed E-state index contributed by atoms with van der Waals surface area (Å²) in [5, 5.41) is 2.75. The van der Waals surface area contributed by atoms with Gasteiger partial charge in [-0.15, -0.1) is 0 Å². The van der Waals surface area contributed by atoms with Gasteiger partial charge in [-0.3, -0.25) is 4.79 Å². The fourth-order valence-electron chi connectivity index (χ4n) is 1.23. The maximum Gasteiger partial charge on any atom is 0.237 e. The number of anilines is 1. The molecule has 88 valence electrons. The highest BCUT2D eigenvalue weighted by Crippen LogP contribution is 2.05. The summed E-state index contributed by atoms with van der Waals surface area (Å²) in [7, 11) is 0. The van der Waals surface area contributed by atoms with Crippen LogP contribution in [-0.4, -0.2) is 24.2 Å². The van der Waals surface area contributed by atoms with E-state index in [0.29, 0.717) is 12.3 Å². The molecule has 0 aromatic heterocycles. The molecule has 5 heteroatoms. The van der Waals surface area contributed by atoms with E-state index in [2.05, 4.69) is 17.9 Å². The van der Waals surface area contributed by atoms with Crippen LogP contribution in [-0.2, 0) is 11.2 Å². The van der Waals surface area contributed by atoms with Gasteiger partial charge in [-0.1, -0.05) is 12.1 Å². The van der Waals surface area contributed by atoms with E-state index in [1.165, 1.54) is 0 Å². The molecule has 0 fully saturated rings. The molecular formula is C11H17N3OS. The number of carbonyl (C=O) groups is 1. The number of nitrogens with two attached hydrogens (primary N) is 2. The summed E-state index contributed by atoms with van der Waals surface area (Å²) in [5.74, 6) is 0.193. The number of nitrogens with one attached hydrogen (secondary N) is 1. The number of thiol groups is 1. The molecule has 0 aliphatic carbocycles. The van der Waals surface area contributed by atoms with Crippen LogP contribution in [0.15, 0.2) is 24.3 Å². The summed E-state index contributed by atoms with van der Waals surface area (Å²) in [5.41, 5.74) is 13.0. The van der Waals surface area contributed by atoms with Gasteiger partial charge in [-0.2, -0.15) is 12.6 Å². The van der Waals surface area contributed by atoms with Crippen LogP contribution in [0.5, 0.6) is 0 Å². The van der Waals surface area contributed by atoms with Gasteiger partial charge >= 0.3 is 0 Å². The Hall–Kier alpha value is -1.20. The lowest BCUT2D eigenvalue weighted by molar-refractivity contribution is -0.121. The number of carbonyl (C=O) groups excluding carboxylic acids is 1. The fourth-order valence-corrected chi connectivity index (χ4v) is 1.39. The Morgan fingerprint density at radius 1 is 1.38 bits per heavy atom. The molecule has 5 N–H and O–H groups in total. The number of amides is 1. The normalized spacial score (nSPS) is 12.1. The molecule has 1 rings (SSSR count). The van der Waals surface area contributed by atoms with E-state index in [9.17, 15) is 4.79 Å². The second-order valence-corrected chi connectivity index (χ2v) is 3.94. The lowest BCUT2D eigenvalue weighted by Gasteiger charge is -2.09. The Kier molecular flexibility index (Phi) is 5.14. The monoisotopic (exact) mass is 239 g/mol. The topological polar surface area (TPSA) is 81.1 Å². The minimum atomic E-state index is -0.533. The van der Waals surface area contributed by atoms with E-state index in [0.717, 1.165) is 17.7 Å². The van der Waals surface area contributed by atoms with Gasteiger partial charge in [-0.25, -0.2) is 0 Å². The molecule has 0 saturated heterocycles. The third-order valence-corrected chi connectivity index (χ3v) is 2.62. The molecule has 0 aliphatic heterocycles. The summed E-state index contributed by atoms with van der Waals surface area (Å²) < 4.78 is 0.